The highest BCUT2D eigenvalue weighted by Crippen LogP contribution is 2.22. The van der Waals surface area contributed by atoms with Crippen molar-refractivity contribution in [1.29, 1.82) is 0 Å². The summed E-state index contributed by atoms with van der Waals surface area (Å²) in [4.78, 5) is 25.3. The normalized spacial score (nSPS) is 21.0. The molecule has 1 heterocycles. The van der Waals surface area contributed by atoms with Gasteiger partial charge >= 0.3 is 11.9 Å². The van der Waals surface area contributed by atoms with Crippen molar-refractivity contribution >= 4 is 11.9 Å². The van der Waals surface area contributed by atoms with Gasteiger partial charge in [-0.25, -0.2) is 0 Å². The van der Waals surface area contributed by atoms with Crippen LogP contribution in [0.1, 0.15) is 155 Å². The molecule has 1 aliphatic rings. The molecule has 0 aromatic heterocycles. The van der Waals surface area contributed by atoms with Crippen LogP contribution < -0.4 is 0 Å². The molecule has 1 rings (SSSR count). The van der Waals surface area contributed by atoms with E-state index >= 15 is 0 Å². The maximum absolute atomic E-state index is 12.7. The smallest absolute Gasteiger partial charge is 0.306 e. The number of hydrogen-bond acceptors (Lipinski definition) is 10. The molecule has 0 aromatic carbocycles. The van der Waals surface area contributed by atoms with Crippen molar-refractivity contribution in [3.05, 3.63) is 72.9 Å². The predicted molar refractivity (Wildman–Crippen MR) is 228 cm³/mol. The van der Waals surface area contributed by atoms with E-state index in [-0.39, 0.29) is 26.1 Å². The largest absolute Gasteiger partial charge is 0.462 e. The van der Waals surface area contributed by atoms with Gasteiger partial charge in [0.15, 0.2) is 12.4 Å². The van der Waals surface area contributed by atoms with Crippen molar-refractivity contribution in [3.63, 3.8) is 0 Å². The fourth-order valence-electron chi connectivity index (χ4n) is 6.09. The summed E-state index contributed by atoms with van der Waals surface area (Å²) in [6.07, 6.45) is 39.0. The van der Waals surface area contributed by atoms with E-state index in [1.807, 2.05) is 0 Å². The van der Waals surface area contributed by atoms with Gasteiger partial charge in [0.1, 0.15) is 31.0 Å². The van der Waals surface area contributed by atoms with Gasteiger partial charge in [-0.05, 0) is 83.5 Å². The molecule has 4 N–H and O–H groups in total. The van der Waals surface area contributed by atoms with Gasteiger partial charge in [-0.1, -0.05) is 132 Å². The van der Waals surface area contributed by atoms with Crippen molar-refractivity contribution in [2.24, 2.45) is 0 Å². The molecule has 0 aliphatic carbocycles. The molecule has 326 valence electrons. The van der Waals surface area contributed by atoms with E-state index in [1.165, 1.54) is 25.7 Å². The van der Waals surface area contributed by atoms with Crippen LogP contribution in [0.4, 0.5) is 0 Å². The van der Waals surface area contributed by atoms with Crippen LogP contribution in [-0.2, 0) is 28.5 Å². The Morgan fingerprint density at radius 2 is 1.04 bits per heavy atom. The van der Waals surface area contributed by atoms with Crippen LogP contribution in [0.25, 0.3) is 0 Å². The molecule has 10 heteroatoms. The second-order valence-corrected chi connectivity index (χ2v) is 14.8. The number of carbonyl (C=O) groups excluding carboxylic acids is 2. The first-order valence-electron chi connectivity index (χ1n) is 22.0. The predicted octanol–water partition coefficient (Wildman–Crippen LogP) is 9.22. The fraction of sp³-hybridized carbons (Fsp3) is 0.702. The van der Waals surface area contributed by atoms with Crippen LogP contribution in [0.3, 0.4) is 0 Å². The molecule has 2 unspecified atom stereocenters. The van der Waals surface area contributed by atoms with Gasteiger partial charge in [-0.2, -0.15) is 0 Å². The lowest BCUT2D eigenvalue weighted by molar-refractivity contribution is -0.305. The summed E-state index contributed by atoms with van der Waals surface area (Å²) in [7, 11) is 0. The van der Waals surface area contributed by atoms with Gasteiger partial charge in [0.2, 0.25) is 0 Å². The number of allylic oxidation sites excluding steroid dienone is 12. The molecule has 10 nitrogen and oxygen atoms in total. The summed E-state index contributed by atoms with van der Waals surface area (Å²) in [5, 5.41) is 40.0. The standard InChI is InChI=1S/C47H78O10/c1-3-5-7-9-11-13-15-17-18-19-20-21-22-24-25-27-29-31-33-35-42(49)54-38-40(39-55-47-46(53)45(52)44(51)41(37-48)57-47)56-43(50)36-34-32-30-28-26-23-16-14-12-10-8-6-4-2/h5,7,11,13-14,16-18,20-21,24-25,40-41,44-48,51-53H,3-4,6,8-10,12,15,19,22-23,26-39H2,1-2H3/b7-5+,13-11+,16-14+,18-17+,21-20+,25-24+/t40-,41-,44+,45?,46?,47-/m0/s1. The average molecular weight is 803 g/mol. The molecule has 1 fully saturated rings. The molecular weight excluding hydrogens is 725 g/mol. The molecule has 57 heavy (non-hydrogen) atoms. The zero-order valence-electron chi connectivity index (χ0n) is 35.3. The molecule has 0 aromatic rings. The lowest BCUT2D eigenvalue weighted by Crippen LogP contribution is -2.59. The third kappa shape index (κ3) is 29.1. The summed E-state index contributed by atoms with van der Waals surface area (Å²) in [6, 6.07) is 0. The number of aliphatic hydroxyl groups excluding tert-OH is 4. The zero-order chi connectivity index (χ0) is 41.6. The zero-order valence-corrected chi connectivity index (χ0v) is 35.3. The number of carbonyl (C=O) groups is 2. The van der Waals surface area contributed by atoms with E-state index < -0.39 is 55.4 Å². The quantitative estimate of drug-likeness (QED) is 0.0277. The lowest BCUT2D eigenvalue weighted by atomic mass is 9.99. The lowest BCUT2D eigenvalue weighted by Gasteiger charge is -2.39. The van der Waals surface area contributed by atoms with Crippen LogP contribution in [-0.4, -0.2) is 89.0 Å². The minimum absolute atomic E-state index is 0.208. The maximum Gasteiger partial charge on any atom is 0.306 e. The van der Waals surface area contributed by atoms with Gasteiger partial charge in [-0.15, -0.1) is 0 Å². The van der Waals surface area contributed by atoms with E-state index in [4.69, 9.17) is 18.9 Å². The van der Waals surface area contributed by atoms with E-state index in [1.54, 1.807) is 0 Å². The molecule has 0 spiro atoms. The Labute approximate surface area is 344 Å². The Bertz CT molecular complexity index is 1160. The molecule has 0 saturated carbocycles. The third-order valence-electron chi connectivity index (χ3n) is 9.58. The minimum atomic E-state index is -1.60. The Balaban J connectivity index is 2.37. The van der Waals surface area contributed by atoms with E-state index in [9.17, 15) is 30.0 Å². The summed E-state index contributed by atoms with van der Waals surface area (Å²) in [5.41, 5.74) is 0. The molecule has 0 radical (unpaired) electrons. The van der Waals surface area contributed by atoms with Crippen molar-refractivity contribution in [1.82, 2.24) is 0 Å². The summed E-state index contributed by atoms with van der Waals surface area (Å²) in [5.74, 6) is -0.861. The minimum Gasteiger partial charge on any atom is -0.462 e. The van der Waals surface area contributed by atoms with E-state index in [2.05, 4.69) is 86.8 Å². The first-order valence-corrected chi connectivity index (χ1v) is 22.0. The number of aliphatic hydroxyl groups is 4. The van der Waals surface area contributed by atoms with Crippen LogP contribution in [0.5, 0.6) is 0 Å². The highest BCUT2D eigenvalue weighted by atomic mass is 16.7. The third-order valence-corrected chi connectivity index (χ3v) is 9.58. The number of hydrogen-bond donors (Lipinski definition) is 4. The highest BCUT2D eigenvalue weighted by molar-refractivity contribution is 5.70. The van der Waals surface area contributed by atoms with E-state index in [0.29, 0.717) is 12.8 Å². The highest BCUT2D eigenvalue weighted by Gasteiger charge is 2.44. The first-order chi connectivity index (χ1) is 27.8. The van der Waals surface area contributed by atoms with Gasteiger partial charge in [-0.3, -0.25) is 9.59 Å². The average Bonchev–Trinajstić information content (AvgIpc) is 3.21. The molecule has 1 aliphatic heterocycles. The number of ether oxygens (including phenoxy) is 4. The van der Waals surface area contributed by atoms with Crippen molar-refractivity contribution in [2.75, 3.05) is 19.8 Å². The van der Waals surface area contributed by atoms with Crippen molar-refractivity contribution in [2.45, 2.75) is 192 Å². The van der Waals surface area contributed by atoms with Crippen LogP contribution in [0, 0.1) is 0 Å². The number of rotatable bonds is 35. The van der Waals surface area contributed by atoms with Gasteiger partial charge < -0.3 is 39.4 Å². The van der Waals surface area contributed by atoms with Crippen LogP contribution >= 0.6 is 0 Å². The Morgan fingerprint density at radius 1 is 0.561 bits per heavy atom. The second-order valence-electron chi connectivity index (χ2n) is 14.8. The summed E-state index contributed by atoms with van der Waals surface area (Å²) < 4.78 is 22.1. The topological polar surface area (TPSA) is 152 Å². The Kier molecular flexibility index (Phi) is 34.2. The molecule has 0 bridgehead atoms. The number of esters is 2. The van der Waals surface area contributed by atoms with E-state index in [0.717, 1.165) is 89.9 Å². The van der Waals surface area contributed by atoms with Crippen molar-refractivity contribution < 1.29 is 49.0 Å². The number of unbranched alkanes of at least 4 members (excludes halogenated alkanes) is 12. The molecule has 6 atom stereocenters. The fourth-order valence-corrected chi connectivity index (χ4v) is 6.09. The summed E-state index contributed by atoms with van der Waals surface area (Å²) in [6.45, 7) is 3.23. The Hall–Kier alpha value is -2.86. The van der Waals surface area contributed by atoms with Crippen molar-refractivity contribution in [3.8, 4) is 0 Å². The monoisotopic (exact) mass is 803 g/mol. The van der Waals surface area contributed by atoms with Gasteiger partial charge in [0.05, 0.1) is 13.2 Å². The Morgan fingerprint density at radius 3 is 1.60 bits per heavy atom. The van der Waals surface area contributed by atoms with Crippen LogP contribution in [0.2, 0.25) is 0 Å². The van der Waals surface area contributed by atoms with Gasteiger partial charge in [0.25, 0.3) is 0 Å². The molecule has 0 amide bonds. The SMILES string of the molecule is CC/C=C/C/C=C/C/C=C/C/C=C/C/C=C/CCCCCC(=O)OC[C@@H](CO[C@H]1O[C@@H](CO)[C@@H](O)C(O)C1O)OC(=O)CCCCCCC/C=C/CCCCCC. The van der Waals surface area contributed by atoms with Gasteiger partial charge in [0, 0.05) is 12.8 Å². The summed E-state index contributed by atoms with van der Waals surface area (Å²) >= 11 is 0. The van der Waals surface area contributed by atoms with Crippen LogP contribution in [0.15, 0.2) is 72.9 Å². The molecular formula is C47H78O10. The maximum atomic E-state index is 12.7. The second kappa shape index (κ2) is 37.4. The molecule has 1 saturated heterocycles. The first kappa shape index (κ1) is 52.2.